The van der Waals surface area contributed by atoms with E-state index in [0.717, 1.165) is 12.6 Å². The fourth-order valence-corrected chi connectivity index (χ4v) is 5.71. The molecule has 12 heteroatoms. The van der Waals surface area contributed by atoms with Crippen LogP contribution in [0, 0.1) is 5.92 Å². The molecule has 0 radical (unpaired) electrons. The molecule has 7 nitrogen and oxygen atoms in total. The molecular weight excluding hydrogens is 417 g/mol. The van der Waals surface area contributed by atoms with Gasteiger partial charge in [-0.15, -0.1) is 5.10 Å². The van der Waals surface area contributed by atoms with Gasteiger partial charge in [-0.3, -0.25) is 9.58 Å². The van der Waals surface area contributed by atoms with Gasteiger partial charge in [-0.05, 0) is 31.8 Å². The zero-order chi connectivity index (χ0) is 20.6. The van der Waals surface area contributed by atoms with Gasteiger partial charge in [-0.1, -0.05) is 5.21 Å². The average Bonchev–Trinajstić information content (AvgIpc) is 2.93. The van der Waals surface area contributed by atoms with Gasteiger partial charge in [0, 0.05) is 35.6 Å². The Morgan fingerprint density at radius 3 is 2.25 bits per heavy atom. The van der Waals surface area contributed by atoms with Crippen LogP contribution in [0.15, 0.2) is 6.20 Å². The van der Waals surface area contributed by atoms with Gasteiger partial charge >= 0.3 is 12.1 Å². The zero-order valence-electron chi connectivity index (χ0n) is 15.3. The molecular formula is C16H25F3N4O3S2. The Kier molecular flexibility index (Phi) is 9.38. The van der Waals surface area contributed by atoms with Crippen molar-refractivity contribution in [3.63, 3.8) is 0 Å². The van der Waals surface area contributed by atoms with E-state index in [1.807, 2.05) is 10.9 Å². The Labute approximate surface area is 170 Å². The van der Waals surface area contributed by atoms with E-state index in [-0.39, 0.29) is 6.61 Å². The normalized spacial score (nSPS) is 20.3. The molecule has 2 aliphatic heterocycles. The van der Waals surface area contributed by atoms with Crippen molar-refractivity contribution in [3.05, 3.63) is 11.9 Å². The standard InChI is InChI=1S/C14H24N4OS2.C2HF3O2/c19-9-13-8-18(16-15-13)7-12-1-3-17(4-2-12)14-10-20-5-6-21-11-14;3-2(4,5)1(6)7/h8,12,14,19H,1-7,9-11H2;(H,6,7). The van der Waals surface area contributed by atoms with Gasteiger partial charge in [-0.25, -0.2) is 4.79 Å². The summed E-state index contributed by atoms with van der Waals surface area (Å²) in [5.41, 5.74) is 0.667. The van der Waals surface area contributed by atoms with Crippen molar-refractivity contribution in [2.24, 2.45) is 5.92 Å². The third kappa shape index (κ3) is 7.80. The molecule has 2 N–H and O–H groups in total. The molecule has 1 aromatic rings. The van der Waals surface area contributed by atoms with E-state index in [2.05, 4.69) is 38.7 Å². The van der Waals surface area contributed by atoms with Gasteiger partial charge in [-0.2, -0.15) is 36.7 Å². The molecule has 0 unspecified atom stereocenters. The van der Waals surface area contributed by atoms with Crippen molar-refractivity contribution >= 4 is 29.5 Å². The lowest BCUT2D eigenvalue weighted by Gasteiger charge is -2.36. The molecule has 0 aromatic carbocycles. The molecule has 28 heavy (non-hydrogen) atoms. The summed E-state index contributed by atoms with van der Waals surface area (Å²) < 4.78 is 33.6. The van der Waals surface area contributed by atoms with Crippen molar-refractivity contribution in [3.8, 4) is 0 Å². The second-order valence-electron chi connectivity index (χ2n) is 6.68. The van der Waals surface area contributed by atoms with Crippen LogP contribution in [-0.4, -0.2) is 84.4 Å². The van der Waals surface area contributed by atoms with Crippen LogP contribution in [-0.2, 0) is 17.9 Å². The number of aliphatic carboxylic acids is 1. The van der Waals surface area contributed by atoms with Crippen LogP contribution in [0.2, 0.25) is 0 Å². The summed E-state index contributed by atoms with van der Waals surface area (Å²) in [6.07, 6.45) is -0.717. The second kappa shape index (κ2) is 11.3. The van der Waals surface area contributed by atoms with Crippen LogP contribution in [0.4, 0.5) is 13.2 Å². The Morgan fingerprint density at radius 2 is 1.79 bits per heavy atom. The molecule has 3 rings (SSSR count). The number of carboxylic acids is 1. The summed E-state index contributed by atoms with van der Waals surface area (Å²) >= 11 is 4.24. The van der Waals surface area contributed by atoms with Crippen molar-refractivity contribution in [1.82, 2.24) is 19.9 Å². The first kappa shape index (κ1) is 23.3. The number of hydrogen-bond acceptors (Lipinski definition) is 7. The third-order valence-electron chi connectivity index (χ3n) is 4.59. The maximum Gasteiger partial charge on any atom is 0.490 e. The number of rotatable bonds is 4. The summed E-state index contributed by atoms with van der Waals surface area (Å²) in [7, 11) is 0. The highest BCUT2D eigenvalue weighted by Crippen LogP contribution is 2.25. The number of aromatic nitrogens is 3. The zero-order valence-corrected chi connectivity index (χ0v) is 17.0. The quantitative estimate of drug-likeness (QED) is 0.731. The predicted octanol–water partition coefficient (Wildman–Crippen LogP) is 1.96. The molecule has 2 aliphatic rings. The minimum atomic E-state index is -5.08. The van der Waals surface area contributed by atoms with Crippen LogP contribution in [0.25, 0.3) is 0 Å². The minimum absolute atomic E-state index is 0.0184. The van der Waals surface area contributed by atoms with Crippen LogP contribution in [0.1, 0.15) is 18.5 Å². The number of halogens is 3. The predicted molar refractivity (Wildman–Crippen MR) is 102 cm³/mol. The van der Waals surface area contributed by atoms with Crippen molar-refractivity contribution < 1.29 is 28.2 Å². The molecule has 2 fully saturated rings. The number of aliphatic hydroxyl groups excluding tert-OH is 1. The lowest BCUT2D eigenvalue weighted by atomic mass is 9.96. The summed E-state index contributed by atoms with van der Waals surface area (Å²) in [6, 6.07) is 0.774. The topological polar surface area (TPSA) is 91.5 Å². The maximum absolute atomic E-state index is 10.6. The molecule has 0 atom stereocenters. The molecule has 0 aliphatic carbocycles. The number of piperidine rings is 1. The summed E-state index contributed by atoms with van der Waals surface area (Å²) in [6.45, 7) is 3.36. The van der Waals surface area contributed by atoms with Gasteiger partial charge in [0.15, 0.2) is 0 Å². The average molecular weight is 443 g/mol. The highest BCUT2D eigenvalue weighted by molar-refractivity contribution is 8.03. The number of thioether (sulfide) groups is 2. The van der Waals surface area contributed by atoms with E-state index >= 15 is 0 Å². The lowest BCUT2D eigenvalue weighted by molar-refractivity contribution is -0.192. The van der Waals surface area contributed by atoms with Crippen LogP contribution < -0.4 is 0 Å². The molecule has 0 amide bonds. The molecule has 160 valence electrons. The minimum Gasteiger partial charge on any atom is -0.475 e. The molecule has 3 heterocycles. The Morgan fingerprint density at radius 1 is 1.21 bits per heavy atom. The summed E-state index contributed by atoms with van der Waals surface area (Å²) in [4.78, 5) is 11.6. The molecule has 0 spiro atoms. The number of carbonyl (C=O) groups is 1. The maximum atomic E-state index is 10.6. The van der Waals surface area contributed by atoms with E-state index in [4.69, 9.17) is 15.0 Å². The number of aliphatic hydroxyl groups is 1. The first-order chi connectivity index (χ1) is 13.3. The van der Waals surface area contributed by atoms with Crippen LogP contribution in [0.5, 0.6) is 0 Å². The smallest absolute Gasteiger partial charge is 0.475 e. The Bertz CT molecular complexity index is 602. The second-order valence-corrected chi connectivity index (χ2v) is 8.98. The largest absolute Gasteiger partial charge is 0.490 e. The van der Waals surface area contributed by atoms with Gasteiger partial charge < -0.3 is 10.2 Å². The SMILES string of the molecule is O=C(O)C(F)(F)F.OCc1cn(CC2CCN(C3CSCCSC3)CC2)nn1. The van der Waals surface area contributed by atoms with E-state index in [0.29, 0.717) is 11.6 Å². The number of nitrogens with zero attached hydrogens (tertiary/aromatic N) is 4. The Hall–Kier alpha value is -0.980. The molecule has 0 saturated carbocycles. The fourth-order valence-electron chi connectivity index (χ4n) is 3.08. The van der Waals surface area contributed by atoms with E-state index in [9.17, 15) is 13.2 Å². The first-order valence-corrected chi connectivity index (χ1v) is 11.3. The van der Waals surface area contributed by atoms with Crippen molar-refractivity contribution in [1.29, 1.82) is 0 Å². The van der Waals surface area contributed by atoms with Crippen molar-refractivity contribution in [2.45, 2.75) is 38.2 Å². The monoisotopic (exact) mass is 442 g/mol. The van der Waals surface area contributed by atoms with Gasteiger partial charge in [0.05, 0.1) is 12.8 Å². The molecule has 0 bridgehead atoms. The first-order valence-electron chi connectivity index (χ1n) is 8.99. The van der Waals surface area contributed by atoms with Gasteiger partial charge in [0.2, 0.25) is 0 Å². The number of carboxylic acid groups (broad SMARTS) is 1. The molecule has 1 aromatic heterocycles. The van der Waals surface area contributed by atoms with Gasteiger partial charge in [0.1, 0.15) is 5.69 Å². The summed E-state index contributed by atoms with van der Waals surface area (Å²) in [5.74, 6) is 3.18. The van der Waals surface area contributed by atoms with Gasteiger partial charge in [0.25, 0.3) is 0 Å². The fraction of sp³-hybridized carbons (Fsp3) is 0.812. The number of alkyl halides is 3. The van der Waals surface area contributed by atoms with E-state index in [1.165, 1.54) is 48.9 Å². The lowest BCUT2D eigenvalue weighted by Crippen LogP contribution is -2.44. The van der Waals surface area contributed by atoms with E-state index in [1.54, 1.807) is 0 Å². The third-order valence-corrected chi connectivity index (χ3v) is 7.08. The van der Waals surface area contributed by atoms with E-state index < -0.39 is 12.1 Å². The number of hydrogen-bond donors (Lipinski definition) is 2. The van der Waals surface area contributed by atoms with Crippen molar-refractivity contribution in [2.75, 3.05) is 36.1 Å². The Balaban J connectivity index is 0.000000345. The highest BCUT2D eigenvalue weighted by Gasteiger charge is 2.38. The summed E-state index contributed by atoms with van der Waals surface area (Å²) in [5, 5.41) is 24.2. The highest BCUT2D eigenvalue weighted by atomic mass is 32.2. The number of likely N-dealkylation sites (tertiary alicyclic amines) is 1. The van der Waals surface area contributed by atoms with Crippen LogP contribution in [0.3, 0.4) is 0 Å². The molecule has 2 saturated heterocycles. The van der Waals surface area contributed by atoms with Crippen LogP contribution >= 0.6 is 23.5 Å².